The van der Waals surface area contributed by atoms with Crippen molar-refractivity contribution < 1.29 is 50.3 Å². The topological polar surface area (TPSA) is 180 Å². The second kappa shape index (κ2) is 7.56. The number of aliphatic hydroxyl groups is 8. The minimum absolute atomic E-state index is 0.407. The van der Waals surface area contributed by atoms with Crippen LogP contribution in [0.3, 0.4) is 0 Å². The van der Waals surface area contributed by atoms with Crippen molar-refractivity contribution in [1.29, 1.82) is 0 Å². The highest BCUT2D eigenvalue weighted by atomic mass is 16.7. The first-order valence-electron chi connectivity index (χ1n) is 5.94. The van der Waals surface area contributed by atoms with Crippen LogP contribution in [0, 0.1) is 0 Å². The van der Waals surface area contributed by atoms with Crippen molar-refractivity contribution in [3.8, 4) is 0 Å². The van der Waals surface area contributed by atoms with Crippen LogP contribution in [0.15, 0.2) is 0 Å². The van der Waals surface area contributed by atoms with Gasteiger partial charge in [0.1, 0.15) is 36.6 Å². The molecule has 10 heteroatoms. The molecule has 0 aromatic carbocycles. The normalized spacial score (nSPS) is 48.0. The average Bonchev–Trinajstić information content (AvgIpc) is 2.84. The van der Waals surface area contributed by atoms with E-state index in [0.29, 0.717) is 0 Å². The van der Waals surface area contributed by atoms with Crippen LogP contribution in [0.5, 0.6) is 0 Å². The molecule has 10 nitrogen and oxygen atoms in total. The molecule has 2 saturated heterocycles. The van der Waals surface area contributed by atoms with Gasteiger partial charge in [0.25, 0.3) is 0 Å². The standard InChI is InChI=1S/2C5H10O5/c2*6-1-2-3(7)4(8)5(9)10-2/h2*2-9H,1H2/t2*2-,3-,4-,5+/m10/s1. The SMILES string of the molecule is OC[C@@H]1O[C@@H](O)[C@@H](O)[C@H]1O.OC[C@H]1O[C@H](O)[C@H](O)[C@@H]1O. The first-order valence-corrected chi connectivity index (χ1v) is 5.94. The Labute approximate surface area is 114 Å². The maximum Gasteiger partial charge on any atom is 0.184 e. The third-order valence-electron chi connectivity index (χ3n) is 3.03. The molecule has 20 heavy (non-hydrogen) atoms. The Kier molecular flexibility index (Phi) is 6.68. The van der Waals surface area contributed by atoms with Crippen molar-refractivity contribution in [2.24, 2.45) is 0 Å². The zero-order valence-corrected chi connectivity index (χ0v) is 10.4. The second-order valence-electron chi connectivity index (χ2n) is 4.46. The fraction of sp³-hybridized carbons (Fsp3) is 1.00. The van der Waals surface area contributed by atoms with Gasteiger partial charge in [0.05, 0.1) is 13.2 Å². The summed E-state index contributed by atoms with van der Waals surface area (Å²) in [6.07, 6.45) is -9.51. The molecule has 0 radical (unpaired) electrons. The van der Waals surface area contributed by atoms with Gasteiger partial charge >= 0.3 is 0 Å². The summed E-state index contributed by atoms with van der Waals surface area (Å²) in [5, 5.41) is 69.9. The number of ether oxygens (including phenoxy) is 2. The molecule has 0 unspecified atom stereocenters. The summed E-state index contributed by atoms with van der Waals surface area (Å²) in [5.41, 5.74) is 0. The Bertz CT molecular complexity index is 261. The molecule has 2 aliphatic heterocycles. The van der Waals surface area contributed by atoms with Crippen LogP contribution < -0.4 is 0 Å². The summed E-state index contributed by atoms with van der Waals surface area (Å²) in [7, 11) is 0. The highest BCUT2D eigenvalue weighted by Crippen LogP contribution is 2.19. The molecule has 0 spiro atoms. The zero-order chi connectivity index (χ0) is 15.4. The van der Waals surface area contributed by atoms with E-state index in [1.54, 1.807) is 0 Å². The van der Waals surface area contributed by atoms with Crippen LogP contribution in [-0.2, 0) is 9.47 Å². The fourth-order valence-corrected chi connectivity index (χ4v) is 1.76. The molecule has 0 bridgehead atoms. The fourth-order valence-electron chi connectivity index (χ4n) is 1.76. The van der Waals surface area contributed by atoms with Gasteiger partial charge in [-0.25, -0.2) is 0 Å². The Morgan fingerprint density at radius 2 is 0.850 bits per heavy atom. The number of hydrogen-bond donors (Lipinski definition) is 8. The third-order valence-corrected chi connectivity index (χ3v) is 3.03. The van der Waals surface area contributed by atoms with E-state index in [4.69, 9.17) is 40.9 Å². The van der Waals surface area contributed by atoms with Gasteiger partial charge in [0.2, 0.25) is 0 Å². The van der Waals surface area contributed by atoms with Gasteiger partial charge in [-0.2, -0.15) is 0 Å². The van der Waals surface area contributed by atoms with E-state index in [1.807, 2.05) is 0 Å². The van der Waals surface area contributed by atoms with E-state index in [1.165, 1.54) is 0 Å². The molecular formula is C10H20O10. The van der Waals surface area contributed by atoms with Gasteiger partial charge in [-0.05, 0) is 0 Å². The summed E-state index contributed by atoms with van der Waals surface area (Å²) >= 11 is 0. The van der Waals surface area contributed by atoms with Crippen molar-refractivity contribution >= 4 is 0 Å². The Morgan fingerprint density at radius 1 is 0.550 bits per heavy atom. The van der Waals surface area contributed by atoms with Crippen LogP contribution in [0.1, 0.15) is 0 Å². The molecule has 0 saturated carbocycles. The maximum absolute atomic E-state index is 8.93. The zero-order valence-electron chi connectivity index (χ0n) is 10.4. The van der Waals surface area contributed by atoms with Crippen molar-refractivity contribution in [3.63, 3.8) is 0 Å². The van der Waals surface area contributed by atoms with Crippen LogP contribution >= 0.6 is 0 Å². The van der Waals surface area contributed by atoms with Gasteiger partial charge in [-0.15, -0.1) is 0 Å². The molecular weight excluding hydrogens is 280 g/mol. The highest BCUT2D eigenvalue weighted by molar-refractivity contribution is 4.85. The summed E-state index contributed by atoms with van der Waals surface area (Å²) in [4.78, 5) is 0. The second-order valence-corrected chi connectivity index (χ2v) is 4.46. The molecule has 2 heterocycles. The molecule has 2 aliphatic rings. The first-order chi connectivity index (χ1) is 9.33. The number of rotatable bonds is 2. The van der Waals surface area contributed by atoms with E-state index in [0.717, 1.165) is 0 Å². The summed E-state index contributed by atoms with van der Waals surface area (Å²) in [6, 6.07) is 0. The predicted molar refractivity (Wildman–Crippen MR) is 60.0 cm³/mol. The van der Waals surface area contributed by atoms with E-state index in [9.17, 15) is 0 Å². The molecule has 0 aliphatic carbocycles. The molecule has 2 fully saturated rings. The lowest BCUT2D eigenvalue weighted by atomic mass is 10.1. The molecule has 0 amide bonds. The summed E-state index contributed by atoms with van der Waals surface area (Å²) in [6.45, 7) is -0.815. The number of aliphatic hydroxyl groups excluding tert-OH is 8. The van der Waals surface area contributed by atoms with Crippen LogP contribution in [-0.4, -0.2) is 103 Å². The Balaban J connectivity index is 0.000000200. The van der Waals surface area contributed by atoms with Crippen molar-refractivity contribution in [2.75, 3.05) is 13.2 Å². The largest absolute Gasteiger partial charge is 0.394 e. The molecule has 2 rings (SSSR count). The van der Waals surface area contributed by atoms with Crippen LogP contribution in [0.25, 0.3) is 0 Å². The first kappa shape index (κ1) is 17.7. The van der Waals surface area contributed by atoms with Crippen molar-refractivity contribution in [3.05, 3.63) is 0 Å². The van der Waals surface area contributed by atoms with E-state index in [2.05, 4.69) is 9.47 Å². The Morgan fingerprint density at radius 3 is 0.950 bits per heavy atom. The third kappa shape index (κ3) is 3.83. The van der Waals surface area contributed by atoms with Crippen LogP contribution in [0.2, 0.25) is 0 Å². The lowest BCUT2D eigenvalue weighted by molar-refractivity contribution is -0.133. The molecule has 0 aromatic heterocycles. The molecule has 8 atom stereocenters. The van der Waals surface area contributed by atoms with Crippen molar-refractivity contribution in [2.45, 2.75) is 49.2 Å². The van der Waals surface area contributed by atoms with Crippen molar-refractivity contribution in [1.82, 2.24) is 0 Å². The highest BCUT2D eigenvalue weighted by Gasteiger charge is 2.41. The van der Waals surface area contributed by atoms with Crippen LogP contribution in [0.4, 0.5) is 0 Å². The summed E-state index contributed by atoms with van der Waals surface area (Å²) in [5.74, 6) is 0. The molecule has 120 valence electrons. The minimum Gasteiger partial charge on any atom is -0.394 e. The molecule has 0 aromatic rings. The van der Waals surface area contributed by atoms with Gasteiger partial charge in [-0.1, -0.05) is 0 Å². The van der Waals surface area contributed by atoms with E-state index >= 15 is 0 Å². The predicted octanol–water partition coefficient (Wildman–Crippen LogP) is -5.16. The van der Waals surface area contributed by atoms with E-state index in [-0.39, 0.29) is 0 Å². The smallest absolute Gasteiger partial charge is 0.184 e. The minimum atomic E-state index is -1.38. The monoisotopic (exact) mass is 300 g/mol. The van der Waals surface area contributed by atoms with Gasteiger partial charge in [0.15, 0.2) is 12.6 Å². The van der Waals surface area contributed by atoms with Gasteiger partial charge in [0, 0.05) is 0 Å². The Hall–Kier alpha value is -0.400. The van der Waals surface area contributed by atoms with Gasteiger partial charge < -0.3 is 50.3 Å². The van der Waals surface area contributed by atoms with E-state index < -0.39 is 62.4 Å². The van der Waals surface area contributed by atoms with Gasteiger partial charge in [-0.3, -0.25) is 0 Å². The number of hydrogen-bond acceptors (Lipinski definition) is 10. The lowest BCUT2D eigenvalue weighted by Crippen LogP contribution is -2.33. The summed E-state index contributed by atoms with van der Waals surface area (Å²) < 4.78 is 9.08. The average molecular weight is 300 g/mol. The molecule has 8 N–H and O–H groups in total. The quantitative estimate of drug-likeness (QED) is 0.245. The maximum atomic E-state index is 8.93. The lowest BCUT2D eigenvalue weighted by Gasteiger charge is -2.09.